The minimum absolute atomic E-state index is 0.175. The van der Waals surface area contributed by atoms with E-state index in [-0.39, 0.29) is 11.5 Å². The summed E-state index contributed by atoms with van der Waals surface area (Å²) in [6, 6.07) is 0. The highest BCUT2D eigenvalue weighted by molar-refractivity contribution is 8.13. The molecule has 0 radical (unpaired) electrons. The van der Waals surface area contributed by atoms with Crippen LogP contribution in [0, 0.1) is 10.1 Å². The second-order valence-electron chi connectivity index (χ2n) is 4.49. The zero-order chi connectivity index (χ0) is 15.7. The fourth-order valence-electron chi connectivity index (χ4n) is 1.46. The Morgan fingerprint density at radius 2 is 2.33 bits per heavy atom. The summed E-state index contributed by atoms with van der Waals surface area (Å²) in [5.74, 6) is 1.71. The Hall–Kier alpha value is -0.640. The lowest BCUT2D eigenvalue weighted by atomic mass is 10.5. The van der Waals surface area contributed by atoms with E-state index >= 15 is 0 Å². The number of thioether (sulfide) groups is 2. The molecule has 0 aliphatic carbocycles. The van der Waals surface area contributed by atoms with E-state index < -0.39 is 0 Å². The molecular weight excluding hydrogens is 328 g/mol. The van der Waals surface area contributed by atoms with Crippen molar-refractivity contribution in [2.45, 2.75) is 12.3 Å². The molecule has 1 aromatic heterocycles. The summed E-state index contributed by atoms with van der Waals surface area (Å²) in [7, 11) is 4.06. The Morgan fingerprint density at radius 1 is 1.57 bits per heavy atom. The van der Waals surface area contributed by atoms with Gasteiger partial charge in [-0.1, -0.05) is 0 Å². The molecule has 0 fully saturated rings. The van der Waals surface area contributed by atoms with Gasteiger partial charge in [0, 0.05) is 34.9 Å². The van der Waals surface area contributed by atoms with Crippen LogP contribution >= 0.6 is 34.9 Å². The SMILES string of the molecule is CSC(C[N+](=O)[O-])=NCCSCc1csc(CN(C)C)n1. The van der Waals surface area contributed by atoms with Crippen molar-refractivity contribution in [3.8, 4) is 0 Å². The summed E-state index contributed by atoms with van der Waals surface area (Å²) in [4.78, 5) is 21.0. The van der Waals surface area contributed by atoms with Crippen molar-refractivity contribution in [3.63, 3.8) is 0 Å². The first kappa shape index (κ1) is 18.4. The Morgan fingerprint density at radius 3 is 2.95 bits per heavy atom. The van der Waals surface area contributed by atoms with Crippen molar-refractivity contribution < 1.29 is 4.92 Å². The van der Waals surface area contributed by atoms with E-state index in [1.165, 1.54) is 11.8 Å². The van der Waals surface area contributed by atoms with Crippen LogP contribution in [-0.2, 0) is 12.3 Å². The predicted octanol–water partition coefficient (Wildman–Crippen LogP) is 2.48. The molecule has 6 nitrogen and oxygen atoms in total. The van der Waals surface area contributed by atoms with Crippen LogP contribution in [0.2, 0.25) is 0 Å². The molecule has 0 spiro atoms. The summed E-state index contributed by atoms with van der Waals surface area (Å²) in [6.45, 7) is 1.31. The van der Waals surface area contributed by atoms with Gasteiger partial charge in [0.05, 0.1) is 5.69 Å². The smallest absolute Gasteiger partial charge is 0.250 e. The Labute approximate surface area is 137 Å². The van der Waals surface area contributed by atoms with Gasteiger partial charge in [-0.3, -0.25) is 15.1 Å². The number of aliphatic imine (C=N–C) groups is 1. The molecule has 0 atom stereocenters. The van der Waals surface area contributed by atoms with Gasteiger partial charge >= 0.3 is 0 Å². The molecule has 1 rings (SSSR count). The van der Waals surface area contributed by atoms with E-state index in [1.807, 2.05) is 20.4 Å². The summed E-state index contributed by atoms with van der Waals surface area (Å²) >= 11 is 4.78. The normalized spacial score (nSPS) is 12.1. The van der Waals surface area contributed by atoms with Crippen LogP contribution < -0.4 is 0 Å². The van der Waals surface area contributed by atoms with Gasteiger partial charge in [0.25, 0.3) is 6.54 Å². The van der Waals surface area contributed by atoms with Crippen LogP contribution in [0.5, 0.6) is 0 Å². The molecule has 0 aliphatic heterocycles. The van der Waals surface area contributed by atoms with Crippen LogP contribution in [0.4, 0.5) is 0 Å². The molecule has 118 valence electrons. The monoisotopic (exact) mass is 348 g/mol. The number of rotatable bonds is 9. The van der Waals surface area contributed by atoms with Gasteiger partial charge in [0.1, 0.15) is 10.1 Å². The average molecular weight is 349 g/mol. The maximum atomic E-state index is 10.4. The third-order valence-electron chi connectivity index (χ3n) is 2.32. The third-order valence-corrected chi connectivity index (χ3v) is 4.91. The largest absolute Gasteiger partial charge is 0.303 e. The standard InChI is InChI=1S/C12H20N4O2S3/c1-15(2)6-12-14-10(9-21-12)8-20-5-4-13-11(19-3)7-16(17)18/h9H,4-8H2,1-3H3. The lowest BCUT2D eigenvalue weighted by molar-refractivity contribution is -0.462. The lowest BCUT2D eigenvalue weighted by Crippen LogP contribution is -2.11. The van der Waals surface area contributed by atoms with E-state index in [1.54, 1.807) is 23.1 Å². The summed E-state index contributed by atoms with van der Waals surface area (Å²) < 4.78 is 0. The van der Waals surface area contributed by atoms with Crippen LogP contribution in [0.1, 0.15) is 10.7 Å². The van der Waals surface area contributed by atoms with Crippen molar-refractivity contribution in [2.75, 3.05) is 39.2 Å². The van der Waals surface area contributed by atoms with E-state index in [4.69, 9.17) is 0 Å². The van der Waals surface area contributed by atoms with Crippen molar-refractivity contribution >= 4 is 39.9 Å². The zero-order valence-electron chi connectivity index (χ0n) is 12.4. The molecule has 0 N–H and O–H groups in total. The first-order chi connectivity index (χ1) is 10.0. The fraction of sp³-hybridized carbons (Fsp3) is 0.667. The van der Waals surface area contributed by atoms with Gasteiger partial charge < -0.3 is 4.90 Å². The lowest BCUT2D eigenvalue weighted by Gasteiger charge is -2.05. The molecule has 9 heteroatoms. The highest BCUT2D eigenvalue weighted by atomic mass is 32.2. The molecule has 0 saturated heterocycles. The minimum atomic E-state index is -0.343. The minimum Gasteiger partial charge on any atom is -0.303 e. The Bertz CT molecular complexity index is 477. The number of thiazole rings is 1. The van der Waals surface area contributed by atoms with Crippen molar-refractivity contribution in [1.29, 1.82) is 0 Å². The molecule has 21 heavy (non-hydrogen) atoms. The van der Waals surface area contributed by atoms with Gasteiger partial charge in [-0.15, -0.1) is 23.1 Å². The molecule has 0 amide bonds. The van der Waals surface area contributed by atoms with Crippen LogP contribution in [0.3, 0.4) is 0 Å². The number of nitro groups is 1. The second-order valence-corrected chi connectivity index (χ2v) is 7.42. The first-order valence-electron chi connectivity index (χ1n) is 6.36. The van der Waals surface area contributed by atoms with Gasteiger partial charge in [-0.25, -0.2) is 4.98 Å². The maximum absolute atomic E-state index is 10.4. The van der Waals surface area contributed by atoms with Gasteiger partial charge in [-0.2, -0.15) is 11.8 Å². The van der Waals surface area contributed by atoms with Crippen molar-refractivity contribution in [3.05, 3.63) is 26.2 Å². The average Bonchev–Trinajstić information content (AvgIpc) is 2.83. The third kappa shape index (κ3) is 8.40. The highest BCUT2D eigenvalue weighted by Crippen LogP contribution is 2.16. The van der Waals surface area contributed by atoms with Crippen LogP contribution in [-0.4, -0.2) is 59.0 Å². The van der Waals surface area contributed by atoms with Crippen LogP contribution in [0.15, 0.2) is 10.4 Å². The predicted molar refractivity (Wildman–Crippen MR) is 93.3 cm³/mol. The topological polar surface area (TPSA) is 71.6 Å². The van der Waals surface area contributed by atoms with E-state index in [0.717, 1.165) is 28.8 Å². The molecule has 0 aliphatic rings. The van der Waals surface area contributed by atoms with Gasteiger partial charge in [0.15, 0.2) is 0 Å². The summed E-state index contributed by atoms with van der Waals surface area (Å²) in [5.41, 5.74) is 1.10. The molecule has 0 bridgehead atoms. The maximum Gasteiger partial charge on any atom is 0.250 e. The second kappa shape index (κ2) is 10.1. The van der Waals surface area contributed by atoms with Crippen molar-refractivity contribution in [2.24, 2.45) is 4.99 Å². The summed E-state index contributed by atoms with van der Waals surface area (Å²) in [6.07, 6.45) is 1.82. The molecule has 0 saturated carbocycles. The van der Waals surface area contributed by atoms with E-state index in [2.05, 4.69) is 20.3 Å². The molecule has 0 aromatic carbocycles. The number of hydrogen-bond acceptors (Lipinski definition) is 8. The number of hydrogen-bond donors (Lipinski definition) is 0. The zero-order valence-corrected chi connectivity index (χ0v) is 14.9. The van der Waals surface area contributed by atoms with Gasteiger partial charge in [-0.05, 0) is 20.4 Å². The fourth-order valence-corrected chi connectivity index (χ4v) is 3.65. The molecule has 1 aromatic rings. The van der Waals surface area contributed by atoms with Crippen molar-refractivity contribution in [1.82, 2.24) is 9.88 Å². The van der Waals surface area contributed by atoms with Gasteiger partial charge in [0.2, 0.25) is 0 Å². The number of aromatic nitrogens is 1. The summed E-state index contributed by atoms with van der Waals surface area (Å²) in [5, 5.41) is 14.2. The first-order valence-corrected chi connectivity index (χ1v) is 9.62. The van der Waals surface area contributed by atoms with E-state index in [9.17, 15) is 10.1 Å². The highest BCUT2D eigenvalue weighted by Gasteiger charge is 2.06. The molecular formula is C12H20N4O2S3. The quantitative estimate of drug-likeness (QED) is 0.224. The number of nitrogens with zero attached hydrogens (tertiary/aromatic N) is 4. The molecule has 1 heterocycles. The van der Waals surface area contributed by atoms with Crippen LogP contribution in [0.25, 0.3) is 0 Å². The Kier molecular flexibility index (Phi) is 8.90. The van der Waals surface area contributed by atoms with E-state index in [0.29, 0.717) is 11.6 Å². The molecule has 0 unspecified atom stereocenters. The Balaban J connectivity index is 2.26.